The lowest BCUT2D eigenvalue weighted by Gasteiger charge is -2.21. The molecule has 0 radical (unpaired) electrons. The fourth-order valence-electron chi connectivity index (χ4n) is 2.88. The molecule has 0 amide bonds. The van der Waals surface area contributed by atoms with E-state index in [0.717, 1.165) is 42.0 Å². The van der Waals surface area contributed by atoms with E-state index in [1.165, 1.54) is 0 Å². The van der Waals surface area contributed by atoms with Gasteiger partial charge in [-0.1, -0.05) is 6.07 Å². The first-order valence-electron chi connectivity index (χ1n) is 7.32. The van der Waals surface area contributed by atoms with Crippen molar-refractivity contribution in [2.24, 2.45) is 0 Å². The lowest BCUT2D eigenvalue weighted by Crippen LogP contribution is -2.23. The van der Waals surface area contributed by atoms with Gasteiger partial charge in [0.1, 0.15) is 5.69 Å². The Morgan fingerprint density at radius 3 is 2.95 bits per heavy atom. The first-order valence-corrected chi connectivity index (χ1v) is 7.32. The highest BCUT2D eigenvalue weighted by Crippen LogP contribution is 2.38. The van der Waals surface area contributed by atoms with Gasteiger partial charge in [-0.2, -0.15) is 0 Å². The van der Waals surface area contributed by atoms with Crippen molar-refractivity contribution in [3.63, 3.8) is 0 Å². The van der Waals surface area contributed by atoms with Crippen LogP contribution < -0.4 is 10.2 Å². The Balaban J connectivity index is 1.86. The summed E-state index contributed by atoms with van der Waals surface area (Å²) in [5, 5.41) is 14.6. The van der Waals surface area contributed by atoms with Crippen LogP contribution in [0.25, 0.3) is 0 Å². The first kappa shape index (κ1) is 14.3. The molecule has 0 saturated heterocycles. The van der Waals surface area contributed by atoms with Crippen LogP contribution in [0.2, 0.25) is 0 Å². The molecule has 0 atom stereocenters. The number of likely N-dealkylation sites (N-methyl/N-ethyl adjacent to an activating group) is 1. The molecule has 0 aliphatic carbocycles. The summed E-state index contributed by atoms with van der Waals surface area (Å²) in [6.07, 6.45) is 3.34. The van der Waals surface area contributed by atoms with Crippen LogP contribution in [0, 0.1) is 10.1 Å². The van der Waals surface area contributed by atoms with E-state index in [0.29, 0.717) is 6.54 Å². The van der Waals surface area contributed by atoms with Gasteiger partial charge in [-0.15, -0.1) is 0 Å². The van der Waals surface area contributed by atoms with E-state index in [4.69, 9.17) is 0 Å². The van der Waals surface area contributed by atoms with Crippen LogP contribution in [0.15, 0.2) is 36.5 Å². The third-order valence-corrected chi connectivity index (χ3v) is 3.96. The molecule has 0 saturated carbocycles. The summed E-state index contributed by atoms with van der Waals surface area (Å²) in [5.41, 5.74) is 3.93. The molecular weight excluding hydrogens is 280 g/mol. The molecule has 22 heavy (non-hydrogen) atoms. The lowest BCUT2D eigenvalue weighted by atomic mass is 10.1. The van der Waals surface area contributed by atoms with Crippen molar-refractivity contribution in [3.8, 4) is 0 Å². The molecule has 1 N–H and O–H groups in total. The predicted octanol–water partition coefficient (Wildman–Crippen LogP) is 2.64. The Kier molecular flexibility index (Phi) is 3.91. The van der Waals surface area contributed by atoms with E-state index >= 15 is 0 Å². The Labute approximate surface area is 128 Å². The third-order valence-electron chi connectivity index (χ3n) is 3.96. The van der Waals surface area contributed by atoms with E-state index in [9.17, 15) is 10.1 Å². The minimum Gasteiger partial charge on any atom is -0.384 e. The number of anilines is 2. The number of aromatic nitrogens is 1. The molecule has 0 spiro atoms. The number of hydrogen-bond acceptors (Lipinski definition) is 5. The molecule has 0 fully saturated rings. The van der Waals surface area contributed by atoms with Crippen molar-refractivity contribution >= 4 is 17.1 Å². The standard InChI is InChI=1S/C16H18N4O2/c1-19(11-8-12-4-2-3-9-17-12)16-13-7-10-18-14(13)5-6-15(16)20(21)22/h2-6,9,18H,7-8,10-11H2,1H3. The average molecular weight is 298 g/mol. The van der Waals surface area contributed by atoms with Crippen molar-refractivity contribution in [2.75, 3.05) is 30.4 Å². The van der Waals surface area contributed by atoms with Gasteiger partial charge < -0.3 is 10.2 Å². The Hall–Kier alpha value is -2.63. The highest BCUT2D eigenvalue weighted by atomic mass is 16.6. The molecule has 114 valence electrons. The van der Waals surface area contributed by atoms with Gasteiger partial charge in [0, 0.05) is 55.8 Å². The second-order valence-corrected chi connectivity index (χ2v) is 5.39. The van der Waals surface area contributed by atoms with Crippen molar-refractivity contribution < 1.29 is 4.92 Å². The molecular formula is C16H18N4O2. The zero-order valence-electron chi connectivity index (χ0n) is 12.5. The van der Waals surface area contributed by atoms with E-state index in [1.54, 1.807) is 18.3 Å². The third kappa shape index (κ3) is 2.72. The van der Waals surface area contributed by atoms with Crippen LogP contribution in [0.4, 0.5) is 17.1 Å². The number of nitro groups is 1. The Bertz CT molecular complexity index is 688. The summed E-state index contributed by atoms with van der Waals surface area (Å²) in [5.74, 6) is 0. The SMILES string of the molecule is CN(CCc1ccccn1)c1c([N+](=O)[O-])ccc2c1CCN2. The number of benzene rings is 1. The summed E-state index contributed by atoms with van der Waals surface area (Å²) < 4.78 is 0. The van der Waals surface area contributed by atoms with E-state index in [1.807, 2.05) is 30.1 Å². The molecule has 0 unspecified atom stereocenters. The maximum absolute atomic E-state index is 11.3. The molecule has 2 heterocycles. The molecule has 1 aliphatic heterocycles. The first-order chi connectivity index (χ1) is 10.7. The van der Waals surface area contributed by atoms with E-state index in [-0.39, 0.29) is 10.6 Å². The number of nitrogens with one attached hydrogen (secondary N) is 1. The van der Waals surface area contributed by atoms with E-state index < -0.39 is 0 Å². The molecule has 1 aliphatic rings. The van der Waals surface area contributed by atoms with Crippen molar-refractivity contribution in [1.82, 2.24) is 4.98 Å². The molecule has 2 aromatic rings. The minimum atomic E-state index is -0.300. The van der Waals surface area contributed by atoms with Gasteiger partial charge in [-0.05, 0) is 24.6 Å². The summed E-state index contributed by atoms with van der Waals surface area (Å²) >= 11 is 0. The molecule has 3 rings (SSSR count). The molecule has 1 aromatic carbocycles. The number of fused-ring (bicyclic) bond motifs is 1. The van der Waals surface area contributed by atoms with E-state index in [2.05, 4.69) is 10.3 Å². The Morgan fingerprint density at radius 1 is 1.36 bits per heavy atom. The maximum Gasteiger partial charge on any atom is 0.292 e. The van der Waals surface area contributed by atoms with Gasteiger partial charge in [0.2, 0.25) is 0 Å². The lowest BCUT2D eigenvalue weighted by molar-refractivity contribution is -0.384. The summed E-state index contributed by atoms with van der Waals surface area (Å²) in [6.45, 7) is 1.52. The topological polar surface area (TPSA) is 71.3 Å². The largest absolute Gasteiger partial charge is 0.384 e. The highest BCUT2D eigenvalue weighted by Gasteiger charge is 2.26. The average Bonchev–Trinajstić information content (AvgIpc) is 3.01. The van der Waals surface area contributed by atoms with Crippen LogP contribution in [-0.4, -0.2) is 30.0 Å². The second-order valence-electron chi connectivity index (χ2n) is 5.39. The van der Waals surface area contributed by atoms with Crippen molar-refractivity contribution in [2.45, 2.75) is 12.8 Å². The molecule has 0 bridgehead atoms. The normalized spacial score (nSPS) is 12.6. The summed E-state index contributed by atoms with van der Waals surface area (Å²) in [4.78, 5) is 17.3. The molecule has 1 aromatic heterocycles. The minimum absolute atomic E-state index is 0.172. The van der Waals surface area contributed by atoms with Gasteiger partial charge in [-0.25, -0.2) is 0 Å². The number of pyridine rings is 1. The molecule has 6 heteroatoms. The zero-order valence-corrected chi connectivity index (χ0v) is 12.5. The van der Waals surface area contributed by atoms with Crippen LogP contribution >= 0.6 is 0 Å². The second kappa shape index (κ2) is 6.01. The predicted molar refractivity (Wildman–Crippen MR) is 86.5 cm³/mol. The number of rotatable bonds is 5. The summed E-state index contributed by atoms with van der Waals surface area (Å²) in [7, 11) is 1.91. The van der Waals surface area contributed by atoms with Crippen LogP contribution in [0.3, 0.4) is 0 Å². The van der Waals surface area contributed by atoms with Gasteiger partial charge >= 0.3 is 0 Å². The van der Waals surface area contributed by atoms with Gasteiger partial charge in [-0.3, -0.25) is 15.1 Å². The number of nitro benzene ring substituents is 1. The van der Waals surface area contributed by atoms with Crippen molar-refractivity contribution in [3.05, 3.63) is 57.9 Å². The van der Waals surface area contributed by atoms with Crippen LogP contribution in [0.5, 0.6) is 0 Å². The van der Waals surface area contributed by atoms with Gasteiger partial charge in [0.25, 0.3) is 5.69 Å². The fourth-order valence-corrected chi connectivity index (χ4v) is 2.88. The zero-order chi connectivity index (χ0) is 15.5. The van der Waals surface area contributed by atoms with Crippen LogP contribution in [-0.2, 0) is 12.8 Å². The van der Waals surface area contributed by atoms with Gasteiger partial charge in [0.15, 0.2) is 0 Å². The number of hydrogen-bond donors (Lipinski definition) is 1. The Morgan fingerprint density at radius 2 is 2.23 bits per heavy atom. The van der Waals surface area contributed by atoms with Crippen LogP contribution in [0.1, 0.15) is 11.3 Å². The monoisotopic (exact) mass is 298 g/mol. The van der Waals surface area contributed by atoms with Gasteiger partial charge in [0.05, 0.1) is 4.92 Å². The summed E-state index contributed by atoms with van der Waals surface area (Å²) in [6, 6.07) is 9.20. The molecule has 6 nitrogen and oxygen atoms in total. The highest BCUT2D eigenvalue weighted by molar-refractivity contribution is 5.77. The maximum atomic E-state index is 11.3. The smallest absolute Gasteiger partial charge is 0.292 e. The number of nitrogens with zero attached hydrogens (tertiary/aromatic N) is 3. The van der Waals surface area contributed by atoms with Crippen molar-refractivity contribution in [1.29, 1.82) is 0 Å². The fraction of sp³-hybridized carbons (Fsp3) is 0.312. The quantitative estimate of drug-likeness (QED) is 0.678.